The molecule has 2 aromatic heterocycles. The highest BCUT2D eigenvalue weighted by molar-refractivity contribution is 5.88. The third-order valence-corrected chi connectivity index (χ3v) is 7.34. The van der Waals surface area contributed by atoms with E-state index in [4.69, 9.17) is 9.72 Å². The Labute approximate surface area is 206 Å². The Bertz CT molecular complexity index is 1210. The second-order valence-corrected chi connectivity index (χ2v) is 9.70. The fourth-order valence-corrected chi connectivity index (χ4v) is 5.11. The van der Waals surface area contributed by atoms with Gasteiger partial charge in [-0.3, -0.25) is 4.68 Å². The van der Waals surface area contributed by atoms with Crippen molar-refractivity contribution >= 4 is 16.9 Å². The number of benzene rings is 1. The van der Waals surface area contributed by atoms with Crippen molar-refractivity contribution in [3.05, 3.63) is 54.7 Å². The molecule has 4 heterocycles. The van der Waals surface area contributed by atoms with Gasteiger partial charge < -0.3 is 9.64 Å². The Morgan fingerprint density at radius 3 is 2.69 bits per heavy atom. The van der Waals surface area contributed by atoms with E-state index in [0.717, 1.165) is 47.4 Å². The molecule has 0 saturated carbocycles. The Hall–Kier alpha value is -3.24. The molecule has 35 heavy (non-hydrogen) atoms. The first-order valence-corrected chi connectivity index (χ1v) is 12.6. The number of anilines is 1. The zero-order valence-electron chi connectivity index (χ0n) is 20.1. The summed E-state index contributed by atoms with van der Waals surface area (Å²) < 4.78 is 22.9. The number of alkyl halides is 1. The highest BCUT2D eigenvalue weighted by atomic mass is 19.1. The molecule has 3 aromatic rings. The lowest BCUT2D eigenvalue weighted by atomic mass is 9.93. The van der Waals surface area contributed by atoms with Crippen LogP contribution in [-0.4, -0.2) is 46.2 Å². The van der Waals surface area contributed by atoms with E-state index in [2.05, 4.69) is 28.7 Å². The highest BCUT2D eigenvalue weighted by Gasteiger charge is 2.33. The van der Waals surface area contributed by atoms with Gasteiger partial charge in [0.15, 0.2) is 0 Å². The lowest BCUT2D eigenvalue weighted by Gasteiger charge is -2.36. The fourth-order valence-electron chi connectivity index (χ4n) is 5.11. The summed E-state index contributed by atoms with van der Waals surface area (Å²) in [4.78, 5) is 7.18. The second kappa shape index (κ2) is 10.2. The van der Waals surface area contributed by atoms with Crippen molar-refractivity contribution in [2.45, 2.75) is 63.3 Å². The van der Waals surface area contributed by atoms with E-state index in [0.29, 0.717) is 38.0 Å². The van der Waals surface area contributed by atoms with Crippen molar-refractivity contribution in [1.29, 1.82) is 5.26 Å². The number of allylic oxidation sites excluding steroid dienone is 1. The van der Waals surface area contributed by atoms with Crippen molar-refractivity contribution < 1.29 is 9.13 Å². The molecule has 0 bridgehead atoms. The number of piperidine rings is 1. The molecular weight excluding hydrogens is 441 g/mol. The van der Waals surface area contributed by atoms with Gasteiger partial charge in [-0.15, -0.1) is 0 Å². The van der Waals surface area contributed by atoms with Crippen LogP contribution in [0, 0.1) is 11.3 Å². The molecule has 0 N–H and O–H groups in total. The number of ether oxygens (including phenoxy) is 1. The average molecular weight is 474 g/mol. The first-order valence-electron chi connectivity index (χ1n) is 12.6. The topological polar surface area (TPSA) is 67.0 Å². The number of aromatic nitrogens is 3. The van der Waals surface area contributed by atoms with E-state index in [9.17, 15) is 9.65 Å². The van der Waals surface area contributed by atoms with Crippen LogP contribution in [0.1, 0.15) is 50.5 Å². The minimum Gasteiger partial charge on any atom is -0.376 e. The Morgan fingerprint density at radius 1 is 1.17 bits per heavy atom. The van der Waals surface area contributed by atoms with E-state index in [1.54, 1.807) is 0 Å². The molecule has 0 radical (unpaired) electrons. The van der Waals surface area contributed by atoms with Gasteiger partial charge in [0.2, 0.25) is 0 Å². The summed E-state index contributed by atoms with van der Waals surface area (Å²) in [5.41, 5.74) is 3.02. The molecule has 5 rings (SSSR count). The number of nitrogens with zero attached hydrogens (tertiary/aromatic N) is 5. The van der Waals surface area contributed by atoms with Gasteiger partial charge >= 0.3 is 0 Å². The monoisotopic (exact) mass is 473 g/mol. The lowest BCUT2D eigenvalue weighted by Crippen LogP contribution is -2.41. The van der Waals surface area contributed by atoms with Crippen LogP contribution in [0.2, 0.25) is 0 Å². The van der Waals surface area contributed by atoms with E-state index in [-0.39, 0.29) is 6.10 Å². The third-order valence-electron chi connectivity index (χ3n) is 7.34. The van der Waals surface area contributed by atoms with Crippen LogP contribution >= 0.6 is 0 Å². The summed E-state index contributed by atoms with van der Waals surface area (Å²) in [7, 11) is 0. The number of hydrogen-bond acceptors (Lipinski definition) is 5. The summed E-state index contributed by atoms with van der Waals surface area (Å²) in [5.74, 6) is 0.829. The molecule has 1 atom stereocenters. The first-order chi connectivity index (χ1) is 17.1. The van der Waals surface area contributed by atoms with Gasteiger partial charge in [0, 0.05) is 38.1 Å². The number of hydrogen-bond donors (Lipinski definition) is 0. The van der Waals surface area contributed by atoms with E-state index in [1.807, 2.05) is 35.1 Å². The van der Waals surface area contributed by atoms with Crippen LogP contribution in [0.3, 0.4) is 0 Å². The van der Waals surface area contributed by atoms with Gasteiger partial charge in [-0.1, -0.05) is 44.1 Å². The van der Waals surface area contributed by atoms with Gasteiger partial charge in [-0.05, 0) is 36.6 Å². The fraction of sp³-hybridized carbons (Fsp3) is 0.464. The standard InChI is InChI=1S/C28H32FN5O/c1-2-28(29)12-14-33(15-13-28)27-24(22-10-8-21(18-30)9-11-22)17-26-25(32-27)19-31-34(26)20-23-7-5-3-4-6-16-35-23/h2,8-11,17,19,23H,1,3-7,12-16,20H2. The minimum absolute atomic E-state index is 0.148. The van der Waals surface area contributed by atoms with E-state index >= 15 is 0 Å². The number of pyridine rings is 1. The molecule has 2 saturated heterocycles. The van der Waals surface area contributed by atoms with Crippen molar-refractivity contribution in [3.63, 3.8) is 0 Å². The van der Waals surface area contributed by atoms with Crippen LogP contribution in [0.5, 0.6) is 0 Å². The van der Waals surface area contributed by atoms with Crippen LogP contribution in [0.4, 0.5) is 10.2 Å². The molecule has 7 heteroatoms. The maximum absolute atomic E-state index is 14.8. The van der Waals surface area contributed by atoms with E-state index in [1.165, 1.54) is 25.3 Å². The molecule has 0 aliphatic carbocycles. The Kier molecular flexibility index (Phi) is 6.83. The normalized spacial score (nSPS) is 20.7. The number of fused-ring (bicyclic) bond motifs is 1. The van der Waals surface area contributed by atoms with E-state index < -0.39 is 5.67 Å². The van der Waals surface area contributed by atoms with Gasteiger partial charge in [-0.2, -0.15) is 10.4 Å². The van der Waals surface area contributed by atoms with Crippen molar-refractivity contribution in [1.82, 2.24) is 14.8 Å². The average Bonchev–Trinajstić information content (AvgIpc) is 3.27. The summed E-state index contributed by atoms with van der Waals surface area (Å²) in [6.45, 7) is 6.31. The van der Waals surface area contributed by atoms with Crippen LogP contribution in [0.25, 0.3) is 22.2 Å². The van der Waals surface area contributed by atoms with Gasteiger partial charge in [0.05, 0.1) is 36.0 Å². The molecule has 2 fully saturated rings. The predicted molar refractivity (Wildman–Crippen MR) is 136 cm³/mol. The maximum Gasteiger partial charge on any atom is 0.137 e. The summed E-state index contributed by atoms with van der Waals surface area (Å²) in [6.07, 6.45) is 10.0. The molecule has 182 valence electrons. The van der Waals surface area contributed by atoms with Crippen molar-refractivity contribution in [3.8, 4) is 17.2 Å². The Morgan fingerprint density at radius 2 is 1.94 bits per heavy atom. The molecule has 2 aliphatic rings. The Balaban J connectivity index is 1.51. The molecule has 1 aromatic carbocycles. The van der Waals surface area contributed by atoms with Gasteiger partial charge in [0.1, 0.15) is 17.0 Å². The lowest BCUT2D eigenvalue weighted by molar-refractivity contribution is 0.0233. The van der Waals surface area contributed by atoms with Crippen molar-refractivity contribution in [2.75, 3.05) is 24.6 Å². The smallest absolute Gasteiger partial charge is 0.137 e. The summed E-state index contributed by atoms with van der Waals surface area (Å²) in [5, 5.41) is 13.9. The molecule has 2 aliphatic heterocycles. The second-order valence-electron chi connectivity index (χ2n) is 9.70. The van der Waals surface area contributed by atoms with Crippen LogP contribution in [0.15, 0.2) is 49.2 Å². The summed E-state index contributed by atoms with van der Waals surface area (Å²) in [6, 6.07) is 11.9. The minimum atomic E-state index is -1.32. The SMILES string of the molecule is C=CC1(F)CCN(c2nc3cnn(CC4CCCCCCO4)c3cc2-c2ccc(C#N)cc2)CC1. The summed E-state index contributed by atoms with van der Waals surface area (Å²) >= 11 is 0. The zero-order chi connectivity index (χ0) is 24.3. The van der Waals surface area contributed by atoms with Gasteiger partial charge in [-0.25, -0.2) is 9.37 Å². The molecule has 0 amide bonds. The molecular formula is C28H32FN5O. The molecule has 1 unspecified atom stereocenters. The maximum atomic E-state index is 14.8. The highest BCUT2D eigenvalue weighted by Crippen LogP contribution is 2.37. The predicted octanol–water partition coefficient (Wildman–Crippen LogP) is 5.81. The number of rotatable bonds is 5. The zero-order valence-corrected chi connectivity index (χ0v) is 20.1. The van der Waals surface area contributed by atoms with Crippen molar-refractivity contribution in [2.24, 2.45) is 0 Å². The molecule has 0 spiro atoms. The quantitative estimate of drug-likeness (QED) is 0.437. The van der Waals surface area contributed by atoms with Gasteiger partial charge in [0.25, 0.3) is 0 Å². The number of nitriles is 1. The van der Waals surface area contributed by atoms with Crippen LogP contribution < -0.4 is 4.90 Å². The molecule has 6 nitrogen and oxygen atoms in total. The third kappa shape index (κ3) is 5.08. The number of halogens is 1. The van der Waals surface area contributed by atoms with Crippen LogP contribution in [-0.2, 0) is 11.3 Å². The first kappa shape index (κ1) is 23.5. The largest absolute Gasteiger partial charge is 0.376 e.